The van der Waals surface area contributed by atoms with E-state index in [-0.39, 0.29) is 10.8 Å². The lowest BCUT2D eigenvalue weighted by molar-refractivity contribution is 0.313. The minimum absolute atomic E-state index is 0.245. The molecule has 0 unspecified atom stereocenters. The maximum atomic E-state index is 12.9. The lowest BCUT2D eigenvalue weighted by atomic mass is 10.2. The summed E-state index contributed by atoms with van der Waals surface area (Å²) in [7, 11) is -1.92. The summed E-state index contributed by atoms with van der Waals surface area (Å²) in [6.07, 6.45) is 2.85. The van der Waals surface area contributed by atoms with Crippen molar-refractivity contribution in [2.24, 2.45) is 0 Å². The second kappa shape index (κ2) is 10.4. The van der Waals surface area contributed by atoms with E-state index in [2.05, 4.69) is 10.2 Å². The highest BCUT2D eigenvalue weighted by molar-refractivity contribution is 7.99. The molecule has 0 saturated carbocycles. The molecule has 0 radical (unpaired) electrons. The zero-order valence-electron chi connectivity index (χ0n) is 17.8. The molecule has 1 saturated heterocycles. The van der Waals surface area contributed by atoms with E-state index in [0.717, 1.165) is 19.3 Å². The highest BCUT2D eigenvalue weighted by Gasteiger charge is 2.26. The van der Waals surface area contributed by atoms with Crippen LogP contribution in [0.25, 0.3) is 11.5 Å². The molecule has 1 aliphatic heterocycles. The fraction of sp³-hybridized carbons (Fsp3) is 0.364. The lowest BCUT2D eigenvalue weighted by Crippen LogP contribution is -2.35. The van der Waals surface area contributed by atoms with Gasteiger partial charge < -0.3 is 13.9 Å². The number of ether oxygens (including phenoxy) is 2. The predicted octanol–water partition coefficient (Wildman–Crippen LogP) is 4.09. The van der Waals surface area contributed by atoms with Crippen LogP contribution in [0.3, 0.4) is 0 Å². The van der Waals surface area contributed by atoms with Crippen molar-refractivity contribution in [1.29, 1.82) is 0 Å². The molecule has 1 aromatic heterocycles. The molecule has 0 amide bonds. The van der Waals surface area contributed by atoms with Crippen LogP contribution in [0.1, 0.15) is 19.3 Å². The van der Waals surface area contributed by atoms with Gasteiger partial charge in [0.25, 0.3) is 5.22 Å². The van der Waals surface area contributed by atoms with E-state index in [1.165, 1.54) is 11.8 Å². The van der Waals surface area contributed by atoms with Crippen molar-refractivity contribution in [2.75, 3.05) is 32.6 Å². The fourth-order valence-electron chi connectivity index (χ4n) is 3.45. The molecule has 2 aromatic carbocycles. The monoisotopic (exact) mass is 475 g/mol. The molecule has 8 nitrogen and oxygen atoms in total. The number of benzene rings is 2. The van der Waals surface area contributed by atoms with Crippen LogP contribution in [-0.2, 0) is 10.0 Å². The van der Waals surface area contributed by atoms with Crippen molar-refractivity contribution in [3.63, 3.8) is 0 Å². The summed E-state index contributed by atoms with van der Waals surface area (Å²) in [5, 5.41) is 8.53. The number of sulfonamides is 1. The Hall–Kier alpha value is -2.56. The first-order valence-electron chi connectivity index (χ1n) is 10.4. The van der Waals surface area contributed by atoms with Crippen molar-refractivity contribution in [2.45, 2.75) is 29.4 Å². The van der Waals surface area contributed by atoms with E-state index in [4.69, 9.17) is 13.9 Å². The van der Waals surface area contributed by atoms with Crippen LogP contribution in [0.2, 0.25) is 0 Å². The standard InChI is InChI=1S/C22H25N3O5S2/c1-28-19-10-3-4-11-20(19)29-14-15-31-22-24-23-21(30-22)17-8-7-9-18(16-17)32(26,27)25-12-5-2-6-13-25/h3-4,7-11,16H,2,5-6,12-15H2,1H3. The Morgan fingerprint density at radius 1 is 1.03 bits per heavy atom. The fourth-order valence-corrected chi connectivity index (χ4v) is 5.59. The van der Waals surface area contributed by atoms with Crippen LogP contribution in [0.15, 0.2) is 63.1 Å². The van der Waals surface area contributed by atoms with Gasteiger partial charge in [-0.05, 0) is 43.2 Å². The van der Waals surface area contributed by atoms with E-state index >= 15 is 0 Å². The molecule has 32 heavy (non-hydrogen) atoms. The molecule has 2 heterocycles. The summed E-state index contributed by atoms with van der Waals surface area (Å²) >= 11 is 1.37. The molecule has 1 aliphatic rings. The maximum absolute atomic E-state index is 12.9. The van der Waals surface area contributed by atoms with Gasteiger partial charge in [-0.25, -0.2) is 8.42 Å². The third-order valence-corrected chi connectivity index (χ3v) is 7.75. The molecule has 0 aliphatic carbocycles. The average Bonchev–Trinajstić information content (AvgIpc) is 3.32. The summed E-state index contributed by atoms with van der Waals surface area (Å²) in [5.74, 6) is 2.24. The lowest BCUT2D eigenvalue weighted by Gasteiger charge is -2.25. The maximum Gasteiger partial charge on any atom is 0.276 e. The average molecular weight is 476 g/mol. The quantitative estimate of drug-likeness (QED) is 0.337. The van der Waals surface area contributed by atoms with E-state index in [0.29, 0.717) is 47.7 Å². The predicted molar refractivity (Wildman–Crippen MR) is 122 cm³/mol. The first-order chi connectivity index (χ1) is 15.6. The summed E-state index contributed by atoms with van der Waals surface area (Å²) < 4.78 is 44.2. The van der Waals surface area contributed by atoms with Crippen LogP contribution in [0.5, 0.6) is 11.5 Å². The smallest absolute Gasteiger partial charge is 0.276 e. The van der Waals surface area contributed by atoms with Gasteiger partial charge in [-0.15, -0.1) is 10.2 Å². The van der Waals surface area contributed by atoms with Gasteiger partial charge in [0.1, 0.15) is 0 Å². The SMILES string of the molecule is COc1ccccc1OCCSc1nnc(-c2cccc(S(=O)(=O)N3CCCCC3)c2)o1. The summed E-state index contributed by atoms with van der Waals surface area (Å²) in [4.78, 5) is 0.245. The Balaban J connectivity index is 1.38. The van der Waals surface area contributed by atoms with Crippen LogP contribution >= 0.6 is 11.8 Å². The van der Waals surface area contributed by atoms with Crippen molar-refractivity contribution >= 4 is 21.8 Å². The molecule has 4 rings (SSSR count). The molecule has 0 spiro atoms. The van der Waals surface area contributed by atoms with Gasteiger partial charge in [0.15, 0.2) is 11.5 Å². The third kappa shape index (κ3) is 5.25. The van der Waals surface area contributed by atoms with Crippen molar-refractivity contribution in [3.8, 4) is 23.0 Å². The zero-order valence-corrected chi connectivity index (χ0v) is 19.4. The van der Waals surface area contributed by atoms with Gasteiger partial charge >= 0.3 is 0 Å². The Morgan fingerprint density at radius 3 is 2.59 bits per heavy atom. The van der Waals surface area contributed by atoms with Crippen LogP contribution in [0.4, 0.5) is 0 Å². The highest BCUT2D eigenvalue weighted by atomic mass is 32.2. The molecule has 0 bridgehead atoms. The number of hydrogen-bond donors (Lipinski definition) is 0. The topological polar surface area (TPSA) is 94.8 Å². The normalized spacial score (nSPS) is 14.9. The van der Waals surface area contributed by atoms with Crippen molar-refractivity contribution in [1.82, 2.24) is 14.5 Å². The first kappa shape index (κ1) is 22.6. The summed E-state index contributed by atoms with van der Waals surface area (Å²) in [6, 6.07) is 14.1. The Morgan fingerprint density at radius 2 is 1.81 bits per heavy atom. The van der Waals surface area contributed by atoms with E-state index in [9.17, 15) is 8.42 Å². The molecule has 10 heteroatoms. The minimum atomic E-state index is -3.52. The van der Waals surface area contributed by atoms with E-state index in [1.54, 1.807) is 35.7 Å². The molecule has 0 atom stereocenters. The molecule has 0 N–H and O–H groups in total. The van der Waals surface area contributed by atoms with Gasteiger partial charge in [0, 0.05) is 24.4 Å². The van der Waals surface area contributed by atoms with Crippen molar-refractivity contribution < 1.29 is 22.3 Å². The van der Waals surface area contributed by atoms with E-state index < -0.39 is 10.0 Å². The van der Waals surface area contributed by atoms with Crippen LogP contribution in [0, 0.1) is 0 Å². The largest absolute Gasteiger partial charge is 0.493 e. The van der Waals surface area contributed by atoms with Gasteiger partial charge in [-0.1, -0.05) is 36.4 Å². The molecular weight excluding hydrogens is 450 g/mol. The van der Waals surface area contributed by atoms with Gasteiger partial charge in [0.2, 0.25) is 15.9 Å². The molecule has 1 fully saturated rings. The molecular formula is C22H25N3O5S2. The minimum Gasteiger partial charge on any atom is -0.493 e. The second-order valence-electron chi connectivity index (χ2n) is 7.21. The molecule has 3 aromatic rings. The molecule has 170 valence electrons. The first-order valence-corrected chi connectivity index (χ1v) is 12.8. The van der Waals surface area contributed by atoms with Gasteiger partial charge in [0.05, 0.1) is 18.6 Å². The number of para-hydroxylation sites is 2. The van der Waals surface area contributed by atoms with Gasteiger partial charge in [-0.2, -0.15) is 4.31 Å². The number of aromatic nitrogens is 2. The number of hydrogen-bond acceptors (Lipinski definition) is 8. The number of rotatable bonds is 9. The Labute approximate surface area is 192 Å². The highest BCUT2D eigenvalue weighted by Crippen LogP contribution is 2.28. The van der Waals surface area contributed by atoms with Crippen LogP contribution in [-0.4, -0.2) is 55.5 Å². The third-order valence-electron chi connectivity index (χ3n) is 5.08. The Bertz CT molecular complexity index is 1140. The number of piperidine rings is 1. The van der Waals surface area contributed by atoms with E-state index in [1.807, 2.05) is 24.3 Å². The second-order valence-corrected chi connectivity index (χ2v) is 10.2. The number of thioether (sulfide) groups is 1. The number of methoxy groups -OCH3 is 1. The van der Waals surface area contributed by atoms with Crippen LogP contribution < -0.4 is 9.47 Å². The number of nitrogens with zero attached hydrogens (tertiary/aromatic N) is 3. The Kier molecular flexibility index (Phi) is 7.33. The van der Waals surface area contributed by atoms with Gasteiger partial charge in [-0.3, -0.25) is 0 Å². The summed E-state index contributed by atoms with van der Waals surface area (Å²) in [5.41, 5.74) is 0.577. The zero-order chi connectivity index (χ0) is 22.4. The summed E-state index contributed by atoms with van der Waals surface area (Å²) in [6.45, 7) is 1.56. The van der Waals surface area contributed by atoms with Crippen molar-refractivity contribution in [3.05, 3.63) is 48.5 Å².